The molecule has 2 rings (SSSR count). The van der Waals surface area contributed by atoms with E-state index in [9.17, 15) is 4.79 Å². The molecule has 0 heterocycles. The maximum atomic E-state index is 12.6. The van der Waals surface area contributed by atoms with Crippen LogP contribution >= 0.6 is 0 Å². The van der Waals surface area contributed by atoms with Crippen molar-refractivity contribution in [2.75, 3.05) is 0 Å². The molecule has 1 aromatic rings. The average Bonchev–Trinajstić information content (AvgIpc) is 2.62. The first-order chi connectivity index (χ1) is 11.4. The van der Waals surface area contributed by atoms with Gasteiger partial charge in [-0.05, 0) is 38.1 Å². The molecule has 3 heteroatoms. The molecule has 24 heavy (non-hydrogen) atoms. The summed E-state index contributed by atoms with van der Waals surface area (Å²) in [4.78, 5) is 16.9. The van der Waals surface area contributed by atoms with E-state index in [2.05, 4.69) is 31.3 Å². The number of aliphatic imine (C=N–C) groups is 1. The van der Waals surface area contributed by atoms with Crippen LogP contribution in [0.2, 0.25) is 0 Å². The quantitative estimate of drug-likeness (QED) is 0.241. The van der Waals surface area contributed by atoms with Crippen LogP contribution in [0.1, 0.15) is 32.8 Å². The number of benzene rings is 1. The van der Waals surface area contributed by atoms with Crippen LogP contribution < -0.4 is 0 Å². The van der Waals surface area contributed by atoms with Crippen LogP contribution in [0.4, 0.5) is 0 Å². The summed E-state index contributed by atoms with van der Waals surface area (Å²) in [6.07, 6.45) is 6.40. The van der Waals surface area contributed by atoms with E-state index in [1.165, 1.54) is 0 Å². The largest absolute Gasteiger partial charge is 0.457 e. The Kier molecular flexibility index (Phi) is 5.23. The molecule has 0 N–H and O–H groups in total. The monoisotopic (exact) mass is 323 g/mol. The molecule has 1 aliphatic rings. The van der Waals surface area contributed by atoms with Crippen LogP contribution in [-0.2, 0) is 16.1 Å². The molecule has 0 spiro atoms. The molecular weight excluding hydrogens is 298 g/mol. The molecule has 2 atom stereocenters. The third-order valence-electron chi connectivity index (χ3n) is 5.06. The van der Waals surface area contributed by atoms with Gasteiger partial charge in [0.2, 0.25) is 0 Å². The van der Waals surface area contributed by atoms with Crippen molar-refractivity contribution < 1.29 is 9.53 Å². The SMILES string of the molecule is C=C/C(C(=O)OCc1ccccc1)=C(\CC)C1(C)C=CC1(C)N=C. The fraction of sp³-hybridized carbons (Fsp3) is 0.333. The van der Waals surface area contributed by atoms with Crippen LogP contribution in [0.5, 0.6) is 0 Å². The van der Waals surface area contributed by atoms with Crippen molar-refractivity contribution >= 4 is 12.7 Å². The highest BCUT2D eigenvalue weighted by Gasteiger charge is 2.50. The molecule has 0 saturated heterocycles. The smallest absolute Gasteiger partial charge is 0.338 e. The Morgan fingerprint density at radius 1 is 1.25 bits per heavy atom. The van der Waals surface area contributed by atoms with Crippen LogP contribution in [-0.4, -0.2) is 18.2 Å². The van der Waals surface area contributed by atoms with Crippen molar-refractivity contribution in [3.05, 3.63) is 71.8 Å². The van der Waals surface area contributed by atoms with Crippen molar-refractivity contribution in [1.29, 1.82) is 0 Å². The fourth-order valence-corrected chi connectivity index (χ4v) is 3.17. The molecule has 0 saturated carbocycles. The molecule has 1 aliphatic carbocycles. The lowest BCUT2D eigenvalue weighted by Crippen LogP contribution is -2.48. The lowest BCUT2D eigenvalue weighted by molar-refractivity contribution is -0.140. The van der Waals surface area contributed by atoms with Crippen LogP contribution in [0.15, 0.2) is 71.3 Å². The van der Waals surface area contributed by atoms with E-state index in [1.54, 1.807) is 6.08 Å². The van der Waals surface area contributed by atoms with Gasteiger partial charge in [0.1, 0.15) is 6.61 Å². The van der Waals surface area contributed by atoms with Crippen molar-refractivity contribution in [2.24, 2.45) is 10.4 Å². The molecule has 0 bridgehead atoms. The number of nitrogens with zero attached hydrogens (tertiary/aromatic N) is 1. The van der Waals surface area contributed by atoms with Gasteiger partial charge in [-0.1, -0.05) is 62.1 Å². The number of hydrogen-bond acceptors (Lipinski definition) is 3. The second kappa shape index (κ2) is 7.00. The molecule has 1 aromatic carbocycles. The van der Waals surface area contributed by atoms with E-state index in [1.807, 2.05) is 50.3 Å². The first-order valence-electron chi connectivity index (χ1n) is 8.17. The molecule has 0 aliphatic heterocycles. The van der Waals surface area contributed by atoms with Crippen molar-refractivity contribution in [3.63, 3.8) is 0 Å². The van der Waals surface area contributed by atoms with Crippen LogP contribution in [0, 0.1) is 5.41 Å². The van der Waals surface area contributed by atoms with Gasteiger partial charge in [0.05, 0.1) is 11.1 Å². The molecule has 0 radical (unpaired) electrons. The Hall–Kier alpha value is -2.42. The van der Waals surface area contributed by atoms with Gasteiger partial charge in [-0.2, -0.15) is 0 Å². The Bertz CT molecular complexity index is 702. The molecule has 126 valence electrons. The van der Waals surface area contributed by atoms with Gasteiger partial charge in [0.15, 0.2) is 0 Å². The van der Waals surface area contributed by atoms with E-state index in [-0.39, 0.29) is 18.0 Å². The highest BCUT2D eigenvalue weighted by Crippen LogP contribution is 2.52. The number of hydrogen-bond donors (Lipinski definition) is 0. The lowest BCUT2D eigenvalue weighted by Gasteiger charge is -2.49. The average molecular weight is 323 g/mol. The number of rotatable bonds is 7. The minimum absolute atomic E-state index is 0.248. The van der Waals surface area contributed by atoms with Crippen molar-refractivity contribution in [1.82, 2.24) is 0 Å². The summed E-state index contributed by atoms with van der Waals surface area (Å²) in [6, 6.07) is 9.64. The number of esters is 1. The van der Waals surface area contributed by atoms with E-state index in [0.29, 0.717) is 12.0 Å². The predicted octanol–water partition coefficient (Wildman–Crippen LogP) is 4.66. The molecule has 0 fully saturated rings. The third-order valence-corrected chi connectivity index (χ3v) is 5.06. The van der Waals surface area contributed by atoms with Gasteiger partial charge in [0, 0.05) is 5.41 Å². The van der Waals surface area contributed by atoms with Crippen molar-refractivity contribution in [3.8, 4) is 0 Å². The first-order valence-corrected chi connectivity index (χ1v) is 8.17. The van der Waals surface area contributed by atoms with E-state index < -0.39 is 5.54 Å². The summed E-state index contributed by atoms with van der Waals surface area (Å²) < 4.78 is 5.49. The standard InChI is InChI=1S/C21H25NO2/c1-6-17(19(23)24-15-16-11-9-8-10-12-16)18(7-2)20(3)13-14-21(20,4)22-5/h6,8-14H,1,5,7,15H2,2-4H3/b18-17-. The zero-order chi connectivity index (χ0) is 17.8. The lowest BCUT2D eigenvalue weighted by atomic mass is 9.58. The summed E-state index contributed by atoms with van der Waals surface area (Å²) in [7, 11) is 0. The number of ether oxygens (including phenoxy) is 1. The maximum Gasteiger partial charge on any atom is 0.338 e. The Balaban J connectivity index is 2.28. The Labute approximate surface area is 144 Å². The third kappa shape index (κ3) is 2.99. The number of carbonyl (C=O) groups excluding carboxylic acids is 1. The van der Waals surface area contributed by atoms with Gasteiger partial charge < -0.3 is 4.74 Å². The molecule has 0 aromatic heterocycles. The van der Waals surface area contributed by atoms with E-state index in [4.69, 9.17) is 4.74 Å². The van der Waals surface area contributed by atoms with Gasteiger partial charge in [-0.3, -0.25) is 4.99 Å². The van der Waals surface area contributed by atoms with E-state index in [0.717, 1.165) is 11.1 Å². The summed E-state index contributed by atoms with van der Waals surface area (Å²) >= 11 is 0. The summed E-state index contributed by atoms with van der Waals surface area (Å²) in [6.45, 7) is 13.9. The van der Waals surface area contributed by atoms with Crippen LogP contribution in [0.25, 0.3) is 0 Å². The molecular formula is C21H25NO2. The van der Waals surface area contributed by atoms with E-state index >= 15 is 0 Å². The molecule has 3 nitrogen and oxygen atoms in total. The highest BCUT2D eigenvalue weighted by molar-refractivity contribution is 5.93. The zero-order valence-electron chi connectivity index (χ0n) is 14.7. The Morgan fingerprint density at radius 2 is 1.92 bits per heavy atom. The Morgan fingerprint density at radius 3 is 2.38 bits per heavy atom. The minimum atomic E-state index is -0.410. The molecule has 2 unspecified atom stereocenters. The first kappa shape index (κ1) is 17.9. The van der Waals surface area contributed by atoms with Gasteiger partial charge >= 0.3 is 5.97 Å². The highest BCUT2D eigenvalue weighted by atomic mass is 16.5. The van der Waals surface area contributed by atoms with Crippen molar-refractivity contribution in [2.45, 2.75) is 39.3 Å². The van der Waals surface area contributed by atoms with Gasteiger partial charge in [-0.15, -0.1) is 0 Å². The second-order valence-electron chi connectivity index (χ2n) is 6.35. The van der Waals surface area contributed by atoms with Gasteiger partial charge in [0.25, 0.3) is 0 Å². The van der Waals surface area contributed by atoms with Gasteiger partial charge in [-0.25, -0.2) is 4.79 Å². The summed E-state index contributed by atoms with van der Waals surface area (Å²) in [5.74, 6) is -0.348. The fourth-order valence-electron chi connectivity index (χ4n) is 3.17. The number of carbonyl (C=O) groups is 1. The second-order valence-corrected chi connectivity index (χ2v) is 6.35. The maximum absolute atomic E-state index is 12.6. The minimum Gasteiger partial charge on any atom is -0.457 e. The normalized spacial score (nSPS) is 26.1. The molecule has 0 amide bonds. The topological polar surface area (TPSA) is 38.7 Å². The van der Waals surface area contributed by atoms with Crippen LogP contribution in [0.3, 0.4) is 0 Å². The zero-order valence-corrected chi connectivity index (χ0v) is 14.7. The predicted molar refractivity (Wildman–Crippen MR) is 99.0 cm³/mol. The summed E-state index contributed by atoms with van der Waals surface area (Å²) in [5.41, 5.74) is 1.70. The summed E-state index contributed by atoms with van der Waals surface area (Å²) in [5, 5.41) is 0.